The van der Waals surface area contributed by atoms with Gasteiger partial charge in [-0.3, -0.25) is 57.5 Å². The monoisotopic (exact) mass is 1200 g/mol. The minimum atomic E-state index is -1.63. The number of hydrogen-bond donors (Lipinski definition) is 18. The van der Waals surface area contributed by atoms with Crippen LogP contribution in [0.5, 0.6) is 0 Å². The maximum absolute atomic E-state index is 12.3. The molecule has 0 aliphatic carbocycles. The first-order valence-electron chi connectivity index (χ1n) is 27.3. The van der Waals surface area contributed by atoms with Crippen LogP contribution in [0, 0.1) is 0 Å². The number of likely N-dealkylation sites (tertiary alicyclic amines) is 4. The smallest absolute Gasteiger partial charge is 0.449 e. The van der Waals surface area contributed by atoms with Crippen LogP contribution in [-0.2, 0) is 57.5 Å². The summed E-state index contributed by atoms with van der Waals surface area (Å²) in [5, 5.41) is 111. The number of carbonyl (C=O) groups excluding carboxylic acids is 12. The first kappa shape index (κ1) is 75.5. The van der Waals surface area contributed by atoms with Gasteiger partial charge in [0.2, 0.25) is 70.9 Å². The van der Waals surface area contributed by atoms with Gasteiger partial charge in [-0.2, -0.15) is 0 Å². The Morgan fingerprint density at radius 3 is 1.18 bits per heavy atom. The van der Waals surface area contributed by atoms with E-state index in [1.807, 2.05) is 0 Å². The summed E-state index contributed by atoms with van der Waals surface area (Å²) in [4.78, 5) is 144. The summed E-state index contributed by atoms with van der Waals surface area (Å²) in [7, 11) is -4.81. The van der Waals surface area contributed by atoms with Gasteiger partial charge in [0.05, 0.1) is 63.3 Å². The highest BCUT2D eigenvalue weighted by Gasteiger charge is 2.41. The molecule has 472 valence electrons. The molecule has 12 amide bonds. The molecule has 4 aliphatic heterocycles. The lowest BCUT2D eigenvalue weighted by Crippen LogP contribution is -2.56. The Labute approximate surface area is 487 Å². The molecule has 0 bridgehead atoms. The Hall–Kier alpha value is -6.50. The van der Waals surface area contributed by atoms with Gasteiger partial charge in [-0.15, -0.1) is 0 Å². The molecule has 4 rings (SSSR count). The summed E-state index contributed by atoms with van der Waals surface area (Å²) >= 11 is 0. The Morgan fingerprint density at radius 1 is 0.452 bits per heavy atom. The summed E-state index contributed by atoms with van der Waals surface area (Å²) in [5.74, 6) is -7.91. The molecular formula is C46H84B4N12O22. The van der Waals surface area contributed by atoms with Crippen LogP contribution in [0.25, 0.3) is 0 Å². The van der Waals surface area contributed by atoms with Crippen molar-refractivity contribution in [2.75, 3.05) is 65.6 Å². The zero-order valence-electron chi connectivity index (χ0n) is 48.4. The van der Waals surface area contributed by atoms with Crippen LogP contribution in [0.4, 0.5) is 0 Å². The van der Waals surface area contributed by atoms with Crippen molar-refractivity contribution in [2.45, 2.75) is 154 Å². The number of hydrogen-bond acceptors (Lipinski definition) is 22. The summed E-state index contributed by atoms with van der Waals surface area (Å²) in [6, 6.07) is -4.26. The van der Waals surface area contributed by atoms with E-state index in [4.69, 9.17) is 30.3 Å². The molecule has 4 aliphatic rings. The summed E-state index contributed by atoms with van der Waals surface area (Å²) in [6.45, 7) is 8.44. The van der Waals surface area contributed by atoms with Crippen molar-refractivity contribution >= 4 is 99.2 Å². The predicted octanol–water partition coefficient (Wildman–Crippen LogP) is -11.0. The molecule has 0 aromatic rings. The fourth-order valence-corrected chi connectivity index (χ4v) is 9.24. The van der Waals surface area contributed by atoms with E-state index >= 15 is 0 Å². The van der Waals surface area contributed by atoms with Crippen molar-refractivity contribution in [3.05, 3.63) is 0 Å². The molecule has 4 fully saturated rings. The third-order valence-electron chi connectivity index (χ3n) is 13.4. The zero-order chi connectivity index (χ0) is 64.1. The number of carbonyl (C=O) groups is 12. The van der Waals surface area contributed by atoms with E-state index in [9.17, 15) is 77.7 Å². The Balaban J connectivity index is 0.000000561. The molecule has 18 N–H and O–H groups in total. The fraction of sp³-hybridized carbons (Fsp3) is 0.739. The van der Waals surface area contributed by atoms with E-state index in [1.165, 1.54) is 56.2 Å². The van der Waals surface area contributed by atoms with E-state index < -0.39 is 143 Å². The van der Waals surface area contributed by atoms with Crippen molar-refractivity contribution in [3.8, 4) is 0 Å². The third-order valence-corrected chi connectivity index (χ3v) is 13.4. The fourth-order valence-electron chi connectivity index (χ4n) is 9.24. The molecule has 0 aromatic heterocycles. The van der Waals surface area contributed by atoms with Gasteiger partial charge in [0.15, 0.2) is 0 Å². The Morgan fingerprint density at radius 2 is 0.810 bits per heavy atom. The van der Waals surface area contributed by atoms with Crippen LogP contribution >= 0.6 is 0 Å². The van der Waals surface area contributed by atoms with E-state index in [0.717, 1.165) is 12.8 Å². The van der Waals surface area contributed by atoms with E-state index in [1.54, 1.807) is 11.7 Å². The third kappa shape index (κ3) is 26.6. The van der Waals surface area contributed by atoms with Crippen LogP contribution in [0.1, 0.15) is 92.9 Å². The lowest BCUT2D eigenvalue weighted by atomic mass is 9.62. The lowest BCUT2D eigenvalue weighted by molar-refractivity contribution is -0.137. The molecule has 0 radical (unpaired) electrons. The van der Waals surface area contributed by atoms with Gasteiger partial charge in [-0.05, 0) is 65.2 Å². The molecule has 9 atom stereocenters. The average molecular weight is 1200 g/mol. The van der Waals surface area contributed by atoms with E-state index in [-0.39, 0.29) is 49.8 Å². The average Bonchev–Trinajstić information content (AvgIpc) is 4.29. The van der Waals surface area contributed by atoms with Gasteiger partial charge >= 0.3 is 28.3 Å². The molecule has 4 heterocycles. The van der Waals surface area contributed by atoms with Gasteiger partial charge < -0.3 is 113 Å². The number of aliphatic hydroxyl groups is 3. The van der Waals surface area contributed by atoms with Crippen molar-refractivity contribution in [1.82, 2.24) is 62.1 Å². The largest absolute Gasteiger partial charge is 0.475 e. The number of rotatable bonds is 23. The van der Waals surface area contributed by atoms with Crippen molar-refractivity contribution in [3.63, 3.8) is 0 Å². The van der Waals surface area contributed by atoms with E-state index in [2.05, 4.69) is 42.5 Å². The van der Waals surface area contributed by atoms with Gasteiger partial charge in [-0.25, -0.2) is 0 Å². The van der Waals surface area contributed by atoms with Gasteiger partial charge in [0, 0.05) is 59.8 Å². The first-order valence-corrected chi connectivity index (χ1v) is 27.3. The topological polar surface area (TPSA) is 516 Å². The predicted molar refractivity (Wildman–Crippen MR) is 297 cm³/mol. The van der Waals surface area contributed by atoms with Gasteiger partial charge in [0.1, 0.15) is 24.2 Å². The SMILES string of the molecule is CB(O)C1CCCN1C(=O)CNC(=O)C(NC(C)=O)C(C)O.CC(=O)NC(CO)C(=O)NC(C)C(=O)N1CCCC1B(O)O.CC(=O)NC(CO)C(=O)NCC(=O)N1CCCC1B(O)O.CC(=O)NCC(=O)NCC(=O)N1CCCC1B(O)O. The second kappa shape index (κ2) is 38.4. The number of nitrogens with zero attached hydrogens (tertiary/aromatic N) is 4. The highest BCUT2D eigenvalue weighted by molar-refractivity contribution is 6.51. The van der Waals surface area contributed by atoms with Crippen LogP contribution in [0.15, 0.2) is 0 Å². The van der Waals surface area contributed by atoms with E-state index in [0.29, 0.717) is 64.7 Å². The minimum absolute atomic E-state index is 0.186. The lowest BCUT2D eigenvalue weighted by Gasteiger charge is -2.28. The minimum Gasteiger partial charge on any atom is -0.449 e. The molecule has 34 nitrogen and oxygen atoms in total. The number of aliphatic hydroxyl groups excluding tert-OH is 3. The van der Waals surface area contributed by atoms with Crippen molar-refractivity contribution < 1.29 is 108 Å². The van der Waals surface area contributed by atoms with Crippen LogP contribution in [0.3, 0.4) is 0 Å². The highest BCUT2D eigenvalue weighted by atomic mass is 16.4. The number of nitrogens with one attached hydrogen (secondary N) is 8. The van der Waals surface area contributed by atoms with Gasteiger partial charge in [0.25, 0.3) is 0 Å². The Kier molecular flexibility index (Phi) is 34.6. The van der Waals surface area contributed by atoms with Crippen LogP contribution in [0.2, 0.25) is 6.82 Å². The summed E-state index contributed by atoms with van der Waals surface area (Å²) < 4.78 is 0. The molecule has 84 heavy (non-hydrogen) atoms. The molecule has 0 saturated carbocycles. The molecule has 0 spiro atoms. The quantitative estimate of drug-likeness (QED) is 0.0423. The standard InChI is InChI=1S/C13H24BN3O5.C12H22BN3O6.C11H20BN3O6.C10H18BN3O5/c1-8(18)12(16-9(2)19)13(21)15-7-11(20)17-6-4-5-10(17)14(3)22;1-7(14-11(19)9(6-17)15-8(2)18)12(20)16-5-3-4-10(16)13(21)22;1-7(17)14-8(6-16)11(19)13-5-10(18)15-4-2-3-9(15)12(20)21;1-7(15)12-5-9(16)13-6-10(17)14-4-2-3-8(14)11(18)19/h8,10,12,18,22H,4-7H2,1-3H3,(H,15,21)(H,16,19);7,9-10,17,21-22H,3-6H2,1-2H3,(H,14,19)(H,15,18);8-9,16,20-21H,2-6H2,1H3,(H,13,19)(H,14,17);8,18-19H,2-6H2,1H3,(H,12,15)(H,13,16). The molecule has 4 saturated heterocycles. The molecule has 38 heteroatoms. The summed E-state index contributed by atoms with van der Waals surface area (Å²) in [6.07, 6.45) is 4.00. The van der Waals surface area contributed by atoms with Crippen molar-refractivity contribution in [2.24, 2.45) is 0 Å². The number of amides is 12. The second-order valence-electron chi connectivity index (χ2n) is 20.3. The maximum atomic E-state index is 12.3. The summed E-state index contributed by atoms with van der Waals surface area (Å²) in [5.41, 5.74) is 0. The van der Waals surface area contributed by atoms with Gasteiger partial charge in [-0.1, -0.05) is 6.82 Å². The first-order chi connectivity index (χ1) is 39.3. The normalized spacial score (nSPS) is 19.4. The Bertz CT molecular complexity index is 2230. The zero-order valence-corrected chi connectivity index (χ0v) is 48.4. The second-order valence-corrected chi connectivity index (χ2v) is 20.3. The van der Waals surface area contributed by atoms with Crippen molar-refractivity contribution in [1.29, 1.82) is 0 Å². The maximum Gasteiger partial charge on any atom is 0.475 e. The van der Waals surface area contributed by atoms with Crippen LogP contribution < -0.4 is 42.5 Å². The molecule has 0 aromatic carbocycles. The molecule has 9 unspecified atom stereocenters. The highest BCUT2D eigenvalue weighted by Crippen LogP contribution is 2.21. The molecular weight excluding hydrogens is 1120 g/mol. The van der Waals surface area contributed by atoms with Crippen LogP contribution in [-0.4, -0.2) is 289 Å².